The average molecular weight is 330 g/mol. The molecule has 0 aromatic heterocycles. The summed E-state index contributed by atoms with van der Waals surface area (Å²) in [5, 5.41) is 0. The Labute approximate surface area is 108 Å². The monoisotopic (exact) mass is 330 g/mol. The van der Waals surface area contributed by atoms with Crippen LogP contribution in [-0.4, -0.2) is 19.7 Å². The lowest BCUT2D eigenvalue weighted by Crippen LogP contribution is -2.07. The summed E-state index contributed by atoms with van der Waals surface area (Å²) < 4.78 is 11.4. The Morgan fingerprint density at radius 1 is 1.50 bits per heavy atom. The molecule has 0 N–H and O–H groups in total. The lowest BCUT2D eigenvalue weighted by atomic mass is 10.1. The highest BCUT2D eigenvalue weighted by Gasteiger charge is 2.16. The molecule has 1 aliphatic rings. The van der Waals surface area contributed by atoms with Crippen LogP contribution >= 0.6 is 22.6 Å². The van der Waals surface area contributed by atoms with Crippen molar-refractivity contribution < 1.29 is 14.3 Å². The second-order valence-corrected chi connectivity index (χ2v) is 4.58. The second kappa shape index (κ2) is 4.86. The number of esters is 1. The lowest BCUT2D eigenvalue weighted by Gasteiger charge is -2.07. The zero-order valence-corrected chi connectivity index (χ0v) is 11.0. The van der Waals surface area contributed by atoms with Gasteiger partial charge in [0.25, 0.3) is 0 Å². The van der Waals surface area contributed by atoms with Gasteiger partial charge in [-0.05, 0) is 34.7 Å². The molecule has 0 spiro atoms. The number of carbonyl (C=O) groups is 1. The van der Waals surface area contributed by atoms with E-state index in [4.69, 9.17) is 9.47 Å². The van der Waals surface area contributed by atoms with Gasteiger partial charge in [0.15, 0.2) is 0 Å². The van der Waals surface area contributed by atoms with Crippen LogP contribution in [0.4, 0.5) is 0 Å². The standard InChI is InChI=1S/C12H11IO3/c1-15-12(14)9-5-6-16-11-8(7-9)3-2-4-10(11)13/h2-4,7H,5-6H2,1H3. The topological polar surface area (TPSA) is 35.5 Å². The van der Waals surface area contributed by atoms with Gasteiger partial charge >= 0.3 is 5.97 Å². The molecule has 4 heteroatoms. The molecular formula is C12H11IO3. The number of hydrogen-bond acceptors (Lipinski definition) is 3. The maximum atomic E-state index is 11.5. The van der Waals surface area contributed by atoms with Crippen molar-refractivity contribution in [1.82, 2.24) is 0 Å². The fourth-order valence-electron chi connectivity index (χ4n) is 1.61. The summed E-state index contributed by atoms with van der Waals surface area (Å²) in [6, 6.07) is 5.86. The quantitative estimate of drug-likeness (QED) is 0.587. The van der Waals surface area contributed by atoms with Crippen molar-refractivity contribution in [3.05, 3.63) is 32.9 Å². The molecular weight excluding hydrogens is 319 g/mol. The maximum Gasteiger partial charge on any atom is 0.333 e. The molecule has 0 saturated carbocycles. The summed E-state index contributed by atoms with van der Waals surface area (Å²) in [6.45, 7) is 0.508. The number of halogens is 1. The molecule has 0 fully saturated rings. The van der Waals surface area contributed by atoms with Crippen molar-refractivity contribution in [3.8, 4) is 5.75 Å². The predicted octanol–water partition coefficient (Wildman–Crippen LogP) is 2.63. The summed E-state index contributed by atoms with van der Waals surface area (Å²) in [5.41, 5.74) is 1.59. The number of hydrogen-bond donors (Lipinski definition) is 0. The zero-order valence-electron chi connectivity index (χ0n) is 8.83. The van der Waals surface area contributed by atoms with Crippen LogP contribution in [0.1, 0.15) is 12.0 Å². The van der Waals surface area contributed by atoms with Crippen LogP contribution < -0.4 is 4.74 Å². The Kier molecular flexibility index (Phi) is 3.48. The Hall–Kier alpha value is -1.04. The molecule has 1 aromatic rings. The molecule has 0 unspecified atom stereocenters. The molecule has 0 saturated heterocycles. The number of rotatable bonds is 1. The van der Waals surface area contributed by atoms with Gasteiger partial charge in [-0.1, -0.05) is 12.1 Å². The van der Waals surface area contributed by atoms with Crippen molar-refractivity contribution in [2.45, 2.75) is 6.42 Å². The van der Waals surface area contributed by atoms with E-state index in [0.29, 0.717) is 18.6 Å². The molecule has 0 aliphatic carbocycles. The maximum absolute atomic E-state index is 11.5. The van der Waals surface area contributed by atoms with E-state index < -0.39 is 0 Å². The van der Waals surface area contributed by atoms with Crippen molar-refractivity contribution >= 4 is 34.6 Å². The van der Waals surface area contributed by atoms with Crippen LogP contribution in [0.25, 0.3) is 6.08 Å². The second-order valence-electron chi connectivity index (χ2n) is 3.42. The third kappa shape index (κ3) is 2.21. The van der Waals surface area contributed by atoms with Gasteiger partial charge in [0.2, 0.25) is 0 Å². The minimum Gasteiger partial charge on any atom is -0.492 e. The van der Waals surface area contributed by atoms with Crippen molar-refractivity contribution in [1.29, 1.82) is 0 Å². The molecule has 1 heterocycles. The highest BCUT2D eigenvalue weighted by Crippen LogP contribution is 2.30. The van der Waals surface area contributed by atoms with Gasteiger partial charge in [-0.3, -0.25) is 0 Å². The summed E-state index contributed by atoms with van der Waals surface area (Å²) in [6.07, 6.45) is 2.42. The molecule has 84 valence electrons. The fraction of sp³-hybridized carbons (Fsp3) is 0.250. The smallest absolute Gasteiger partial charge is 0.333 e. The van der Waals surface area contributed by atoms with E-state index in [1.165, 1.54) is 7.11 Å². The van der Waals surface area contributed by atoms with E-state index in [1.54, 1.807) is 0 Å². The first kappa shape index (κ1) is 11.4. The zero-order chi connectivity index (χ0) is 11.5. The fourth-order valence-corrected chi connectivity index (χ4v) is 2.28. The lowest BCUT2D eigenvalue weighted by molar-refractivity contribution is -0.136. The third-order valence-electron chi connectivity index (χ3n) is 2.39. The van der Waals surface area contributed by atoms with E-state index in [1.807, 2.05) is 24.3 Å². The van der Waals surface area contributed by atoms with Crippen LogP contribution in [-0.2, 0) is 9.53 Å². The Morgan fingerprint density at radius 2 is 2.31 bits per heavy atom. The number of ether oxygens (including phenoxy) is 2. The molecule has 0 amide bonds. The normalized spacial score (nSPS) is 14.2. The predicted molar refractivity (Wildman–Crippen MR) is 69.3 cm³/mol. The first-order chi connectivity index (χ1) is 7.72. The molecule has 3 nitrogen and oxygen atoms in total. The average Bonchev–Trinajstić information content (AvgIpc) is 2.51. The number of carbonyl (C=O) groups excluding carboxylic acids is 1. The van der Waals surface area contributed by atoms with Gasteiger partial charge in [0, 0.05) is 17.6 Å². The highest BCUT2D eigenvalue weighted by molar-refractivity contribution is 14.1. The molecule has 1 aliphatic heterocycles. The van der Waals surface area contributed by atoms with E-state index in [9.17, 15) is 4.79 Å². The largest absolute Gasteiger partial charge is 0.492 e. The summed E-state index contributed by atoms with van der Waals surface area (Å²) in [7, 11) is 1.39. The van der Waals surface area contributed by atoms with Gasteiger partial charge in [0.1, 0.15) is 5.75 Å². The van der Waals surface area contributed by atoms with Crippen LogP contribution in [0.2, 0.25) is 0 Å². The van der Waals surface area contributed by atoms with Crippen molar-refractivity contribution in [2.24, 2.45) is 0 Å². The number of benzene rings is 1. The molecule has 1 aromatic carbocycles. The van der Waals surface area contributed by atoms with Gasteiger partial charge in [-0.25, -0.2) is 4.79 Å². The van der Waals surface area contributed by atoms with E-state index in [2.05, 4.69) is 22.6 Å². The molecule has 16 heavy (non-hydrogen) atoms. The van der Waals surface area contributed by atoms with E-state index in [0.717, 1.165) is 14.9 Å². The Bertz CT molecular complexity index is 452. The van der Waals surface area contributed by atoms with Gasteiger partial charge in [-0.2, -0.15) is 0 Å². The molecule has 0 bridgehead atoms. The van der Waals surface area contributed by atoms with Crippen LogP contribution in [0.3, 0.4) is 0 Å². The SMILES string of the molecule is COC(=O)C1=Cc2cccc(I)c2OCC1. The van der Waals surface area contributed by atoms with E-state index >= 15 is 0 Å². The number of methoxy groups -OCH3 is 1. The summed E-state index contributed by atoms with van der Waals surface area (Å²) >= 11 is 2.22. The van der Waals surface area contributed by atoms with E-state index in [-0.39, 0.29) is 5.97 Å². The van der Waals surface area contributed by atoms with Crippen LogP contribution in [0.15, 0.2) is 23.8 Å². The number of fused-ring (bicyclic) bond motifs is 1. The van der Waals surface area contributed by atoms with Crippen LogP contribution in [0, 0.1) is 3.57 Å². The summed E-state index contributed by atoms with van der Waals surface area (Å²) in [4.78, 5) is 11.5. The molecule has 0 atom stereocenters. The van der Waals surface area contributed by atoms with Gasteiger partial charge in [0.05, 0.1) is 17.3 Å². The highest BCUT2D eigenvalue weighted by atomic mass is 127. The third-order valence-corrected chi connectivity index (χ3v) is 3.24. The van der Waals surface area contributed by atoms with Crippen LogP contribution in [0.5, 0.6) is 5.75 Å². The minimum atomic E-state index is -0.282. The Morgan fingerprint density at radius 3 is 3.06 bits per heavy atom. The van der Waals surface area contributed by atoms with Gasteiger partial charge in [-0.15, -0.1) is 0 Å². The van der Waals surface area contributed by atoms with Crippen molar-refractivity contribution in [3.63, 3.8) is 0 Å². The number of para-hydroxylation sites is 1. The van der Waals surface area contributed by atoms with Crippen molar-refractivity contribution in [2.75, 3.05) is 13.7 Å². The minimum absolute atomic E-state index is 0.282. The molecule has 0 radical (unpaired) electrons. The summed E-state index contributed by atoms with van der Waals surface area (Å²) in [5.74, 6) is 0.567. The van der Waals surface area contributed by atoms with Gasteiger partial charge < -0.3 is 9.47 Å². The first-order valence-corrected chi connectivity index (χ1v) is 6.00. The first-order valence-electron chi connectivity index (χ1n) is 4.92. The molecule has 2 rings (SSSR count). The Balaban J connectivity index is 2.44.